The number of allylic oxidation sites excluding steroid dienone is 7. The van der Waals surface area contributed by atoms with E-state index in [1.807, 2.05) is 11.3 Å². The van der Waals surface area contributed by atoms with Crippen molar-refractivity contribution in [2.45, 2.75) is 0 Å². The molecule has 2 aromatic heterocycles. The largest absolute Gasteiger partial charge is 0.456 e. The smallest absolute Gasteiger partial charge is 0.143 e. The van der Waals surface area contributed by atoms with Crippen molar-refractivity contribution in [3.63, 3.8) is 0 Å². The minimum absolute atomic E-state index is 0.675. The number of hydrogen-bond donors (Lipinski definition) is 0. The Kier molecular flexibility index (Phi) is 7.71. The summed E-state index contributed by atoms with van der Waals surface area (Å²) in [6.45, 7) is 8.91. The fourth-order valence-electron chi connectivity index (χ4n) is 8.27. The van der Waals surface area contributed by atoms with Crippen molar-refractivity contribution in [3.8, 4) is 11.1 Å². The second-order valence-corrected chi connectivity index (χ2v) is 14.7. The second-order valence-electron chi connectivity index (χ2n) is 13.7. The Labute approximate surface area is 316 Å². The molecule has 0 aliphatic rings. The Balaban J connectivity index is 1.01. The Bertz CT molecular complexity index is 3300. The van der Waals surface area contributed by atoms with E-state index < -0.39 is 0 Å². The van der Waals surface area contributed by atoms with E-state index in [-0.39, 0.29) is 0 Å². The molecule has 1 nitrogen and oxygen atoms in total. The van der Waals surface area contributed by atoms with Gasteiger partial charge in [-0.25, -0.2) is 0 Å². The van der Waals surface area contributed by atoms with Crippen LogP contribution in [0.2, 0.25) is 0 Å². The van der Waals surface area contributed by atoms with Gasteiger partial charge in [0.15, 0.2) is 0 Å². The first-order valence-corrected chi connectivity index (χ1v) is 19.0. The SMILES string of the molecule is C=C(\C=C/C=C/C=C/C=c1\c(=C)oc2c3ccccc3c3sc4ccccc4c3c12)c1c2ccccc2c(-c2cccc3ccccc23)c2ccccc12. The van der Waals surface area contributed by atoms with Crippen LogP contribution in [0.25, 0.3) is 104 Å². The van der Waals surface area contributed by atoms with Crippen LogP contribution in [0.4, 0.5) is 0 Å². The molecule has 10 rings (SSSR count). The van der Waals surface area contributed by atoms with Crippen molar-refractivity contribution in [3.05, 3.63) is 199 Å². The molecule has 0 aliphatic carbocycles. The molecule has 0 unspecified atom stereocenters. The summed E-state index contributed by atoms with van der Waals surface area (Å²) in [4.78, 5) is 0. The van der Waals surface area contributed by atoms with E-state index in [4.69, 9.17) is 4.42 Å². The van der Waals surface area contributed by atoms with Crippen LogP contribution in [0.5, 0.6) is 0 Å². The molecule has 0 atom stereocenters. The van der Waals surface area contributed by atoms with E-state index in [1.54, 1.807) is 0 Å². The van der Waals surface area contributed by atoms with Crippen LogP contribution in [-0.4, -0.2) is 0 Å². The van der Waals surface area contributed by atoms with Crippen molar-refractivity contribution < 1.29 is 4.42 Å². The van der Waals surface area contributed by atoms with E-state index in [1.165, 1.54) is 69.0 Å². The summed E-state index contributed by atoms with van der Waals surface area (Å²) in [5, 5.41) is 14.3. The molecule has 0 saturated carbocycles. The van der Waals surface area contributed by atoms with Gasteiger partial charge in [-0.2, -0.15) is 0 Å². The highest BCUT2D eigenvalue weighted by Crippen LogP contribution is 2.44. The molecule has 0 N–H and O–H groups in total. The van der Waals surface area contributed by atoms with Gasteiger partial charge in [0.1, 0.15) is 11.0 Å². The molecular formula is C52H34OS. The summed E-state index contributed by atoms with van der Waals surface area (Å²) in [7, 11) is 0. The summed E-state index contributed by atoms with van der Waals surface area (Å²) < 4.78 is 8.96. The van der Waals surface area contributed by atoms with E-state index in [9.17, 15) is 0 Å². The third-order valence-electron chi connectivity index (χ3n) is 10.6. The lowest BCUT2D eigenvalue weighted by molar-refractivity contribution is 0.580. The van der Waals surface area contributed by atoms with Crippen molar-refractivity contribution in [1.29, 1.82) is 0 Å². The predicted molar refractivity (Wildman–Crippen MR) is 237 cm³/mol. The Morgan fingerprint density at radius 3 is 1.85 bits per heavy atom. The molecule has 10 aromatic rings. The van der Waals surface area contributed by atoms with Gasteiger partial charge in [0.2, 0.25) is 0 Å². The second kappa shape index (κ2) is 13.0. The van der Waals surface area contributed by atoms with Crippen LogP contribution < -0.4 is 10.6 Å². The zero-order valence-electron chi connectivity index (χ0n) is 29.6. The highest BCUT2D eigenvalue weighted by atomic mass is 32.1. The van der Waals surface area contributed by atoms with Crippen LogP contribution in [0, 0.1) is 0 Å². The molecule has 54 heavy (non-hydrogen) atoms. The van der Waals surface area contributed by atoms with Gasteiger partial charge in [-0.3, -0.25) is 0 Å². The van der Waals surface area contributed by atoms with Crippen LogP contribution >= 0.6 is 11.3 Å². The van der Waals surface area contributed by atoms with Gasteiger partial charge in [-0.15, -0.1) is 11.3 Å². The quantitative estimate of drug-likeness (QED) is 0.124. The molecule has 2 heterocycles. The minimum Gasteiger partial charge on any atom is -0.456 e. The van der Waals surface area contributed by atoms with Gasteiger partial charge in [0, 0.05) is 41.5 Å². The van der Waals surface area contributed by atoms with Gasteiger partial charge in [-0.05, 0) is 60.6 Å². The summed E-state index contributed by atoms with van der Waals surface area (Å²) >= 11 is 1.84. The molecular weight excluding hydrogens is 673 g/mol. The lowest BCUT2D eigenvalue weighted by Gasteiger charge is -2.18. The van der Waals surface area contributed by atoms with Crippen LogP contribution in [0.1, 0.15) is 5.56 Å². The van der Waals surface area contributed by atoms with E-state index in [2.05, 4.69) is 195 Å². The minimum atomic E-state index is 0.675. The highest BCUT2D eigenvalue weighted by Gasteiger charge is 2.19. The first kappa shape index (κ1) is 32.0. The molecule has 254 valence electrons. The molecule has 0 fully saturated rings. The summed E-state index contributed by atoms with van der Waals surface area (Å²) in [6, 6.07) is 49.9. The Hall–Kier alpha value is -6.74. The topological polar surface area (TPSA) is 13.1 Å². The molecule has 0 saturated heterocycles. The van der Waals surface area contributed by atoms with Gasteiger partial charge in [0.25, 0.3) is 0 Å². The van der Waals surface area contributed by atoms with Gasteiger partial charge >= 0.3 is 0 Å². The van der Waals surface area contributed by atoms with Crippen molar-refractivity contribution in [2.75, 3.05) is 0 Å². The summed E-state index contributed by atoms with van der Waals surface area (Å²) in [5.74, 6) is 0. The lowest BCUT2D eigenvalue weighted by Crippen LogP contribution is -2.17. The lowest BCUT2D eigenvalue weighted by atomic mass is 9.85. The fraction of sp³-hybridized carbons (Fsp3) is 0. The first-order chi connectivity index (χ1) is 26.7. The van der Waals surface area contributed by atoms with E-state index in [0.717, 1.165) is 32.7 Å². The molecule has 0 bridgehead atoms. The van der Waals surface area contributed by atoms with Crippen LogP contribution in [0.15, 0.2) is 187 Å². The fourth-order valence-corrected chi connectivity index (χ4v) is 9.52. The van der Waals surface area contributed by atoms with E-state index in [0.29, 0.717) is 5.42 Å². The molecule has 2 heteroatoms. The maximum atomic E-state index is 6.40. The maximum Gasteiger partial charge on any atom is 0.143 e. The van der Waals surface area contributed by atoms with Gasteiger partial charge in [0.05, 0.1) is 0 Å². The average Bonchev–Trinajstić information content (AvgIpc) is 3.76. The normalized spacial score (nSPS) is 12.9. The Morgan fingerprint density at radius 1 is 0.519 bits per heavy atom. The monoisotopic (exact) mass is 706 g/mol. The molecule has 8 aromatic carbocycles. The Morgan fingerprint density at radius 2 is 1.09 bits per heavy atom. The summed E-state index contributed by atoms with van der Waals surface area (Å²) in [5.41, 5.74) is 6.21. The zero-order valence-corrected chi connectivity index (χ0v) is 30.4. The van der Waals surface area contributed by atoms with Gasteiger partial charge < -0.3 is 4.42 Å². The zero-order chi connectivity index (χ0) is 36.2. The predicted octanol–water partition coefficient (Wildman–Crippen LogP) is 13.7. The highest BCUT2D eigenvalue weighted by molar-refractivity contribution is 7.27. The molecule has 0 amide bonds. The number of benzene rings is 8. The average molecular weight is 707 g/mol. The molecule has 0 radical (unpaired) electrons. The number of hydrogen-bond acceptors (Lipinski definition) is 2. The van der Waals surface area contributed by atoms with Crippen LogP contribution in [0.3, 0.4) is 0 Å². The number of fused-ring (bicyclic) bond motifs is 11. The van der Waals surface area contributed by atoms with E-state index >= 15 is 0 Å². The molecule has 0 aliphatic heterocycles. The standard InChI is InChI=1S/C52H34OS/c1-33(47-39-24-10-12-26-41(39)48(42-27-13-11-25-40(42)47)38-31-18-21-35-20-8-9-23-37(35)38)19-6-4-3-5-7-22-36-34(2)53-51-43-28-14-15-29-44(43)52-50(49(36)51)45-30-16-17-32-46(45)54-52/h3-32H,1-2H2/b4-3+,7-5+,19-6-,36-22+. The number of furan rings is 1. The van der Waals surface area contributed by atoms with Crippen molar-refractivity contribution in [2.24, 2.45) is 0 Å². The number of rotatable bonds is 6. The third kappa shape index (κ3) is 5.07. The van der Waals surface area contributed by atoms with Crippen molar-refractivity contribution in [1.82, 2.24) is 0 Å². The summed E-state index contributed by atoms with van der Waals surface area (Å²) in [6.07, 6.45) is 14.5. The number of thiophene rings is 1. The van der Waals surface area contributed by atoms with Crippen molar-refractivity contribution >= 4 is 104 Å². The molecule has 0 spiro atoms. The third-order valence-corrected chi connectivity index (χ3v) is 11.8. The van der Waals surface area contributed by atoms with Gasteiger partial charge in [-0.1, -0.05) is 189 Å². The maximum absolute atomic E-state index is 6.40. The first-order valence-electron chi connectivity index (χ1n) is 18.2. The van der Waals surface area contributed by atoms with Crippen LogP contribution in [-0.2, 0) is 0 Å².